The van der Waals surface area contributed by atoms with E-state index in [1.807, 2.05) is 19.9 Å². The Hall–Kier alpha value is -4.57. The number of halogens is 1. The first kappa shape index (κ1) is 39.2. The van der Waals surface area contributed by atoms with Crippen LogP contribution in [-0.2, 0) is 32.6 Å². The Morgan fingerprint density at radius 2 is 1.69 bits per heavy atom. The summed E-state index contributed by atoms with van der Waals surface area (Å²) in [6.45, 7) is 6.12. The number of amides is 4. The van der Waals surface area contributed by atoms with Gasteiger partial charge in [0.05, 0.1) is 39.2 Å². The number of aliphatic hydroxyl groups is 1. The van der Waals surface area contributed by atoms with Crippen LogP contribution in [0.25, 0.3) is 0 Å². The molecule has 3 atom stereocenters. The Kier molecular flexibility index (Phi) is 12.8. The number of hydrogen-bond acceptors (Lipinski definition) is 9. The third-order valence-corrected chi connectivity index (χ3v) is 10.6. The molecule has 274 valence electrons. The SMILES string of the molecule is CC(C)CN(C[C@H](O)[C@H](Cc1ccccc1)NC(=O)[C@H](C(C)C)N1CC(=O)N(Cc2cccc([N+](=O)[O-])c2)C1=O)S(=O)(=O)c1ccc(Cl)c(N)c1. The van der Waals surface area contributed by atoms with Crippen molar-refractivity contribution < 1.29 is 32.8 Å². The molecule has 1 aliphatic rings. The number of carbonyl (C=O) groups excluding carboxylic acids is 3. The molecule has 0 radical (unpaired) electrons. The molecular weight excluding hydrogens is 700 g/mol. The maximum atomic E-state index is 14.1. The number of nitro groups is 1. The number of carbonyl (C=O) groups is 3. The number of hydrogen-bond donors (Lipinski definition) is 3. The molecule has 0 saturated carbocycles. The van der Waals surface area contributed by atoms with Crippen LogP contribution in [0.2, 0.25) is 5.02 Å². The number of nitrogen functional groups attached to an aromatic ring is 1. The minimum absolute atomic E-state index is 0.0490. The Labute approximate surface area is 302 Å². The Balaban J connectivity index is 1.60. The smallest absolute Gasteiger partial charge is 0.328 e. The van der Waals surface area contributed by atoms with Crippen molar-refractivity contribution in [1.29, 1.82) is 0 Å². The van der Waals surface area contributed by atoms with E-state index in [4.69, 9.17) is 17.3 Å². The van der Waals surface area contributed by atoms with Crippen LogP contribution < -0.4 is 11.1 Å². The van der Waals surface area contributed by atoms with Gasteiger partial charge < -0.3 is 21.1 Å². The molecule has 1 saturated heterocycles. The standard InChI is InChI=1S/C35H43ClN6O8S/c1-22(2)18-39(51(49,50)27-13-14-28(36)29(37)17-27)20-31(43)30(16-24-9-6-5-7-10-24)38-34(45)33(23(3)4)41-21-32(44)40(35(41)46)19-25-11-8-12-26(15-25)42(47)48/h5-15,17,22-23,30-31,33,43H,16,18-21,37H2,1-4H3,(H,38,45)/t30-,31-,33-/m0/s1. The second-order valence-electron chi connectivity index (χ2n) is 13.3. The minimum Gasteiger partial charge on any atom is -0.397 e. The minimum atomic E-state index is -4.17. The molecule has 4 amide bonds. The second kappa shape index (κ2) is 16.6. The zero-order valence-corrected chi connectivity index (χ0v) is 30.4. The van der Waals surface area contributed by atoms with Crippen LogP contribution in [0.3, 0.4) is 0 Å². The monoisotopic (exact) mass is 742 g/mol. The highest BCUT2D eigenvalue weighted by molar-refractivity contribution is 7.89. The topological polar surface area (TPSA) is 196 Å². The van der Waals surface area contributed by atoms with Crippen molar-refractivity contribution >= 4 is 50.8 Å². The van der Waals surface area contributed by atoms with Crippen molar-refractivity contribution in [2.45, 2.75) is 63.7 Å². The van der Waals surface area contributed by atoms with Crippen LogP contribution in [0.15, 0.2) is 77.7 Å². The van der Waals surface area contributed by atoms with Gasteiger partial charge in [0.1, 0.15) is 12.6 Å². The quantitative estimate of drug-likeness (QED) is 0.0839. The van der Waals surface area contributed by atoms with Gasteiger partial charge in [-0.1, -0.05) is 81.8 Å². The first-order chi connectivity index (χ1) is 24.0. The van der Waals surface area contributed by atoms with Gasteiger partial charge in [-0.15, -0.1) is 0 Å². The number of rotatable bonds is 16. The van der Waals surface area contributed by atoms with Gasteiger partial charge in [-0.05, 0) is 47.6 Å². The number of sulfonamides is 1. The molecule has 0 aromatic heterocycles. The van der Waals surface area contributed by atoms with Crippen LogP contribution in [0.1, 0.15) is 38.8 Å². The highest BCUT2D eigenvalue weighted by Gasteiger charge is 2.44. The van der Waals surface area contributed by atoms with Gasteiger partial charge in [0.25, 0.3) is 11.6 Å². The number of imide groups is 1. The Morgan fingerprint density at radius 3 is 2.29 bits per heavy atom. The molecule has 0 bridgehead atoms. The van der Waals surface area contributed by atoms with Crippen LogP contribution in [0.4, 0.5) is 16.2 Å². The summed E-state index contributed by atoms with van der Waals surface area (Å²) in [7, 11) is -4.17. The van der Waals surface area contributed by atoms with E-state index >= 15 is 0 Å². The molecule has 16 heteroatoms. The predicted octanol–water partition coefficient (Wildman–Crippen LogP) is 4.05. The van der Waals surface area contributed by atoms with E-state index in [0.29, 0.717) is 5.56 Å². The number of benzene rings is 3. The molecule has 3 aromatic rings. The number of urea groups is 1. The summed E-state index contributed by atoms with van der Waals surface area (Å²) in [5, 5.41) is 26.0. The lowest BCUT2D eigenvalue weighted by Gasteiger charge is -2.34. The van der Waals surface area contributed by atoms with Gasteiger partial charge in [0, 0.05) is 25.2 Å². The summed E-state index contributed by atoms with van der Waals surface area (Å²) in [4.78, 5) is 53.4. The summed E-state index contributed by atoms with van der Waals surface area (Å²) < 4.78 is 28.8. The molecule has 0 unspecified atom stereocenters. The number of aliphatic hydroxyl groups excluding tert-OH is 1. The number of nitro benzene ring substituents is 1. The summed E-state index contributed by atoms with van der Waals surface area (Å²) in [6.07, 6.45) is -1.30. The van der Waals surface area contributed by atoms with Gasteiger partial charge >= 0.3 is 6.03 Å². The van der Waals surface area contributed by atoms with Crippen molar-refractivity contribution in [3.05, 3.63) is 99.1 Å². The highest BCUT2D eigenvalue weighted by atomic mass is 35.5. The maximum absolute atomic E-state index is 14.1. The van der Waals surface area contributed by atoms with Gasteiger partial charge in [-0.2, -0.15) is 4.31 Å². The van der Waals surface area contributed by atoms with E-state index < -0.39 is 63.4 Å². The van der Waals surface area contributed by atoms with Crippen molar-refractivity contribution in [2.24, 2.45) is 11.8 Å². The largest absolute Gasteiger partial charge is 0.397 e. The lowest BCUT2D eigenvalue weighted by Crippen LogP contribution is -2.57. The molecule has 0 aliphatic carbocycles. The lowest BCUT2D eigenvalue weighted by atomic mass is 9.97. The molecule has 1 aliphatic heterocycles. The van der Waals surface area contributed by atoms with Gasteiger partial charge in [0.15, 0.2) is 0 Å². The van der Waals surface area contributed by atoms with Crippen molar-refractivity contribution in [3.63, 3.8) is 0 Å². The molecule has 0 spiro atoms. The Morgan fingerprint density at radius 1 is 1.02 bits per heavy atom. The first-order valence-corrected chi connectivity index (χ1v) is 18.2. The lowest BCUT2D eigenvalue weighted by molar-refractivity contribution is -0.384. The number of nitrogens with one attached hydrogen (secondary N) is 1. The molecular formula is C35H43ClN6O8S. The van der Waals surface area contributed by atoms with E-state index in [1.54, 1.807) is 44.2 Å². The molecule has 3 aromatic carbocycles. The van der Waals surface area contributed by atoms with E-state index in [1.165, 1.54) is 36.4 Å². The number of non-ortho nitro benzene ring substituents is 1. The molecule has 1 heterocycles. The Bertz CT molecular complexity index is 1860. The van der Waals surface area contributed by atoms with Gasteiger partial charge in [0.2, 0.25) is 15.9 Å². The zero-order valence-electron chi connectivity index (χ0n) is 28.8. The van der Waals surface area contributed by atoms with Gasteiger partial charge in [-0.3, -0.25) is 24.6 Å². The normalized spacial score (nSPS) is 15.5. The fourth-order valence-electron chi connectivity index (χ4n) is 5.95. The summed E-state index contributed by atoms with van der Waals surface area (Å²) >= 11 is 6.04. The molecule has 51 heavy (non-hydrogen) atoms. The van der Waals surface area contributed by atoms with E-state index in [0.717, 1.165) is 19.7 Å². The zero-order chi connectivity index (χ0) is 37.6. The predicted molar refractivity (Wildman–Crippen MR) is 192 cm³/mol. The molecule has 1 fully saturated rings. The van der Waals surface area contributed by atoms with Crippen molar-refractivity contribution in [2.75, 3.05) is 25.4 Å². The fraction of sp³-hybridized carbons (Fsp3) is 0.400. The fourth-order valence-corrected chi connectivity index (χ4v) is 7.73. The number of anilines is 1. The number of nitrogens with two attached hydrogens (primary N) is 1. The van der Waals surface area contributed by atoms with E-state index in [-0.39, 0.29) is 53.3 Å². The molecule has 4 N–H and O–H groups in total. The average molecular weight is 743 g/mol. The number of nitrogens with zero attached hydrogens (tertiary/aromatic N) is 4. The van der Waals surface area contributed by atoms with Crippen LogP contribution in [-0.4, -0.2) is 88.2 Å². The first-order valence-electron chi connectivity index (χ1n) is 16.4. The third-order valence-electron chi connectivity index (χ3n) is 8.44. The second-order valence-corrected chi connectivity index (χ2v) is 15.6. The van der Waals surface area contributed by atoms with Gasteiger partial charge in [-0.25, -0.2) is 13.2 Å². The summed E-state index contributed by atoms with van der Waals surface area (Å²) in [6, 6.07) is 15.7. The van der Waals surface area contributed by atoms with Crippen LogP contribution >= 0.6 is 11.6 Å². The van der Waals surface area contributed by atoms with Crippen molar-refractivity contribution in [1.82, 2.24) is 19.4 Å². The molecule has 14 nitrogen and oxygen atoms in total. The van der Waals surface area contributed by atoms with E-state index in [9.17, 15) is 38.0 Å². The average Bonchev–Trinajstić information content (AvgIpc) is 3.33. The van der Waals surface area contributed by atoms with Crippen LogP contribution in [0, 0.1) is 22.0 Å². The highest BCUT2D eigenvalue weighted by Crippen LogP contribution is 2.27. The summed E-state index contributed by atoms with van der Waals surface area (Å²) in [5.74, 6) is -1.84. The van der Waals surface area contributed by atoms with Crippen LogP contribution in [0.5, 0.6) is 0 Å². The molecule has 4 rings (SSSR count). The third kappa shape index (κ3) is 9.61. The summed E-state index contributed by atoms with van der Waals surface area (Å²) in [5.41, 5.74) is 6.91. The van der Waals surface area contributed by atoms with Crippen molar-refractivity contribution in [3.8, 4) is 0 Å². The van der Waals surface area contributed by atoms with E-state index in [2.05, 4.69) is 5.32 Å². The maximum Gasteiger partial charge on any atom is 0.328 e.